The van der Waals surface area contributed by atoms with Gasteiger partial charge in [-0.1, -0.05) is 18.5 Å². The molecule has 3 N–H and O–H groups in total. The van der Waals surface area contributed by atoms with Crippen molar-refractivity contribution in [3.05, 3.63) is 64.9 Å². The summed E-state index contributed by atoms with van der Waals surface area (Å²) in [7, 11) is 0. The predicted octanol–water partition coefficient (Wildman–Crippen LogP) is 4.64. The molecule has 28 heavy (non-hydrogen) atoms. The Hall–Kier alpha value is -3.26. The van der Waals surface area contributed by atoms with E-state index in [1.54, 1.807) is 22.8 Å². The van der Waals surface area contributed by atoms with Crippen molar-refractivity contribution in [2.24, 2.45) is 0 Å². The van der Waals surface area contributed by atoms with E-state index in [-0.39, 0.29) is 22.6 Å². The van der Waals surface area contributed by atoms with Crippen LogP contribution in [0, 0.1) is 11.6 Å². The molecule has 0 saturated carbocycles. The van der Waals surface area contributed by atoms with Gasteiger partial charge in [-0.2, -0.15) is 9.97 Å². The lowest BCUT2D eigenvalue weighted by molar-refractivity contribution is 0.628. The number of hydrogen-bond donors (Lipinski definition) is 2. The van der Waals surface area contributed by atoms with E-state index in [4.69, 9.17) is 17.3 Å². The molecule has 0 bridgehead atoms. The molecular weight excluding hydrogens is 386 g/mol. The van der Waals surface area contributed by atoms with Crippen LogP contribution in [-0.2, 0) is 6.42 Å². The number of nitrogens with one attached hydrogen (secondary N) is 1. The van der Waals surface area contributed by atoms with Gasteiger partial charge in [-0.05, 0) is 30.3 Å². The summed E-state index contributed by atoms with van der Waals surface area (Å²) in [5.41, 5.74) is 7.57. The predicted molar refractivity (Wildman–Crippen MR) is 105 cm³/mol. The molecule has 0 atom stereocenters. The summed E-state index contributed by atoms with van der Waals surface area (Å²) in [5.74, 6) is 0.532. The van der Waals surface area contributed by atoms with Crippen molar-refractivity contribution in [2.45, 2.75) is 13.3 Å². The Labute approximate surface area is 164 Å². The Morgan fingerprint density at radius 2 is 1.89 bits per heavy atom. The minimum Gasteiger partial charge on any atom is -0.383 e. The van der Waals surface area contributed by atoms with Crippen LogP contribution in [0.25, 0.3) is 16.9 Å². The number of halogens is 3. The van der Waals surface area contributed by atoms with E-state index >= 15 is 0 Å². The zero-order valence-corrected chi connectivity index (χ0v) is 15.5. The van der Waals surface area contributed by atoms with Gasteiger partial charge in [-0.25, -0.2) is 13.8 Å². The molecule has 0 saturated heterocycles. The molecule has 0 amide bonds. The molecule has 0 radical (unpaired) electrons. The third-order valence-electron chi connectivity index (χ3n) is 4.14. The number of nitrogen functional groups attached to an aromatic ring is 1. The summed E-state index contributed by atoms with van der Waals surface area (Å²) >= 11 is 5.71. The largest absolute Gasteiger partial charge is 0.383 e. The molecular formula is C19H15ClF2N6. The topological polar surface area (TPSA) is 81.7 Å². The van der Waals surface area contributed by atoms with Crippen molar-refractivity contribution in [3.63, 3.8) is 0 Å². The standard InChI is InChI=1S/C19H15ClF2N6/c1-2-17-25-14-6-3-10(21)7-15(14)28(17)18-9-16(23)26-19(27-18)24-11-4-5-12(20)13(22)8-11/h3-9H,2H2,1H3,(H3,23,24,26,27). The van der Waals surface area contributed by atoms with Crippen LogP contribution >= 0.6 is 11.6 Å². The maximum absolute atomic E-state index is 13.8. The van der Waals surface area contributed by atoms with Crippen molar-refractivity contribution in [3.8, 4) is 5.82 Å². The number of rotatable bonds is 4. The molecule has 6 nitrogen and oxygen atoms in total. The molecule has 2 heterocycles. The van der Waals surface area contributed by atoms with E-state index in [2.05, 4.69) is 20.3 Å². The zero-order chi connectivity index (χ0) is 19.8. The van der Waals surface area contributed by atoms with Gasteiger partial charge < -0.3 is 11.1 Å². The number of fused-ring (bicyclic) bond motifs is 1. The molecule has 0 spiro atoms. The number of anilines is 3. The molecule has 0 fully saturated rings. The van der Waals surface area contributed by atoms with Gasteiger partial charge in [0.1, 0.15) is 29.1 Å². The highest BCUT2D eigenvalue weighted by molar-refractivity contribution is 6.30. The van der Waals surface area contributed by atoms with Crippen LogP contribution < -0.4 is 11.1 Å². The SMILES string of the molecule is CCc1nc2ccc(F)cc2n1-c1cc(N)nc(Nc2ccc(Cl)c(F)c2)n1. The molecule has 2 aromatic carbocycles. The summed E-state index contributed by atoms with van der Waals surface area (Å²) in [6, 6.07) is 10.2. The summed E-state index contributed by atoms with van der Waals surface area (Å²) < 4.78 is 29.2. The maximum atomic E-state index is 13.8. The van der Waals surface area contributed by atoms with Crippen LogP contribution in [0.3, 0.4) is 0 Å². The lowest BCUT2D eigenvalue weighted by Crippen LogP contribution is -2.08. The first-order chi connectivity index (χ1) is 13.4. The fraction of sp³-hybridized carbons (Fsp3) is 0.105. The van der Waals surface area contributed by atoms with E-state index in [0.29, 0.717) is 34.8 Å². The van der Waals surface area contributed by atoms with Gasteiger partial charge in [0.2, 0.25) is 5.95 Å². The normalized spacial score (nSPS) is 11.1. The van der Waals surface area contributed by atoms with E-state index < -0.39 is 5.82 Å². The van der Waals surface area contributed by atoms with Crippen LogP contribution in [0.2, 0.25) is 5.02 Å². The van der Waals surface area contributed by atoms with Crippen LogP contribution in [0.1, 0.15) is 12.7 Å². The van der Waals surface area contributed by atoms with Crippen LogP contribution in [0.15, 0.2) is 42.5 Å². The van der Waals surface area contributed by atoms with Gasteiger partial charge in [0.05, 0.1) is 16.1 Å². The number of benzene rings is 2. The van der Waals surface area contributed by atoms with Crippen molar-refractivity contribution in [2.75, 3.05) is 11.1 Å². The van der Waals surface area contributed by atoms with Crippen molar-refractivity contribution in [1.29, 1.82) is 0 Å². The highest BCUT2D eigenvalue weighted by atomic mass is 35.5. The molecule has 4 rings (SSSR count). The van der Waals surface area contributed by atoms with Crippen molar-refractivity contribution >= 4 is 40.1 Å². The summed E-state index contributed by atoms with van der Waals surface area (Å²) in [5, 5.41) is 2.92. The Morgan fingerprint density at radius 3 is 2.64 bits per heavy atom. The Morgan fingerprint density at radius 1 is 1.07 bits per heavy atom. The quantitative estimate of drug-likeness (QED) is 0.521. The van der Waals surface area contributed by atoms with E-state index in [1.807, 2.05) is 6.92 Å². The molecule has 0 aliphatic carbocycles. The van der Waals surface area contributed by atoms with E-state index in [9.17, 15) is 8.78 Å². The highest BCUT2D eigenvalue weighted by Crippen LogP contribution is 2.25. The molecule has 0 aliphatic rings. The van der Waals surface area contributed by atoms with Crippen LogP contribution in [0.5, 0.6) is 0 Å². The molecule has 142 valence electrons. The Balaban J connectivity index is 1.82. The zero-order valence-electron chi connectivity index (χ0n) is 14.7. The number of nitrogens with two attached hydrogens (primary N) is 1. The minimum absolute atomic E-state index is 0.0132. The highest BCUT2D eigenvalue weighted by Gasteiger charge is 2.15. The third-order valence-corrected chi connectivity index (χ3v) is 4.45. The molecule has 4 aromatic rings. The summed E-state index contributed by atoms with van der Waals surface area (Å²) in [6.45, 7) is 1.94. The average molecular weight is 401 g/mol. The fourth-order valence-electron chi connectivity index (χ4n) is 2.92. The van der Waals surface area contributed by atoms with Gasteiger partial charge in [-0.15, -0.1) is 0 Å². The second kappa shape index (κ2) is 7.05. The number of aromatic nitrogens is 4. The Kier molecular flexibility index (Phi) is 4.56. The van der Waals surface area contributed by atoms with Gasteiger partial charge >= 0.3 is 0 Å². The summed E-state index contributed by atoms with van der Waals surface area (Å²) in [4.78, 5) is 13.1. The van der Waals surface area contributed by atoms with E-state index in [1.165, 1.54) is 24.3 Å². The maximum Gasteiger partial charge on any atom is 0.231 e. The van der Waals surface area contributed by atoms with Gasteiger partial charge in [0, 0.05) is 24.2 Å². The number of hydrogen-bond acceptors (Lipinski definition) is 5. The van der Waals surface area contributed by atoms with Crippen molar-refractivity contribution < 1.29 is 8.78 Å². The van der Waals surface area contributed by atoms with Crippen molar-refractivity contribution in [1.82, 2.24) is 19.5 Å². The van der Waals surface area contributed by atoms with Gasteiger partial charge in [0.25, 0.3) is 0 Å². The lowest BCUT2D eigenvalue weighted by Gasteiger charge is -2.11. The molecule has 0 aliphatic heterocycles. The molecule has 0 unspecified atom stereocenters. The molecule has 2 aromatic heterocycles. The number of nitrogens with zero attached hydrogens (tertiary/aromatic N) is 4. The fourth-order valence-corrected chi connectivity index (χ4v) is 3.03. The first kappa shape index (κ1) is 18.1. The second-order valence-electron chi connectivity index (χ2n) is 6.08. The second-order valence-corrected chi connectivity index (χ2v) is 6.49. The first-order valence-electron chi connectivity index (χ1n) is 8.48. The first-order valence-corrected chi connectivity index (χ1v) is 8.86. The van der Waals surface area contributed by atoms with E-state index in [0.717, 1.165) is 0 Å². The number of imidazole rings is 1. The monoisotopic (exact) mass is 400 g/mol. The minimum atomic E-state index is -0.569. The average Bonchev–Trinajstić information content (AvgIpc) is 3.02. The molecule has 9 heteroatoms. The smallest absolute Gasteiger partial charge is 0.231 e. The van der Waals surface area contributed by atoms with Gasteiger partial charge in [0.15, 0.2) is 0 Å². The van der Waals surface area contributed by atoms with Crippen LogP contribution in [-0.4, -0.2) is 19.5 Å². The number of aryl methyl sites for hydroxylation is 1. The van der Waals surface area contributed by atoms with Crippen LogP contribution in [0.4, 0.5) is 26.2 Å². The summed E-state index contributed by atoms with van der Waals surface area (Å²) in [6.07, 6.45) is 0.603. The van der Waals surface area contributed by atoms with Gasteiger partial charge in [-0.3, -0.25) is 4.57 Å². The Bertz CT molecular complexity index is 1190. The lowest BCUT2D eigenvalue weighted by atomic mass is 10.3. The third kappa shape index (κ3) is 3.34.